The lowest BCUT2D eigenvalue weighted by molar-refractivity contribution is -0.153. The van der Waals surface area contributed by atoms with Gasteiger partial charge in [-0.05, 0) is 31.0 Å². The fraction of sp³-hybridized carbons (Fsp3) is 0.269. The Hall–Kier alpha value is -3.79. The van der Waals surface area contributed by atoms with Gasteiger partial charge in [0, 0.05) is 10.8 Å². The van der Waals surface area contributed by atoms with Crippen LogP contribution in [0.4, 0.5) is 18.9 Å². The normalized spacial score (nSPS) is 14.2. The van der Waals surface area contributed by atoms with Crippen LogP contribution in [0.1, 0.15) is 52.5 Å². The number of carboxylic acid groups (broad SMARTS) is 1. The number of nitrogens with zero attached hydrogens (tertiary/aromatic N) is 1. The molecule has 3 aromatic rings. The predicted octanol–water partition coefficient (Wildman–Crippen LogP) is 6.21. The number of carboxylic acids is 1. The highest BCUT2D eigenvalue weighted by Gasteiger charge is 2.45. The van der Waals surface area contributed by atoms with Crippen LogP contribution in [0.3, 0.4) is 0 Å². The second-order valence-corrected chi connectivity index (χ2v) is 8.65. The molecule has 1 heterocycles. The molecule has 0 saturated heterocycles. The van der Waals surface area contributed by atoms with E-state index in [4.69, 9.17) is 21.1 Å². The van der Waals surface area contributed by atoms with E-state index in [0.717, 1.165) is 4.90 Å². The van der Waals surface area contributed by atoms with Crippen molar-refractivity contribution in [3.8, 4) is 11.5 Å². The van der Waals surface area contributed by atoms with E-state index in [1.54, 1.807) is 32.0 Å². The van der Waals surface area contributed by atoms with Crippen LogP contribution in [0.2, 0.25) is 5.02 Å². The Balaban J connectivity index is 1.91. The van der Waals surface area contributed by atoms with Crippen LogP contribution in [0.15, 0.2) is 42.5 Å². The zero-order chi connectivity index (χ0) is 27.1. The third-order valence-electron chi connectivity index (χ3n) is 5.94. The highest BCUT2D eigenvalue weighted by atomic mass is 35.5. The molecule has 0 saturated carbocycles. The van der Waals surface area contributed by atoms with Crippen molar-refractivity contribution < 1.29 is 42.1 Å². The Morgan fingerprint density at radius 2 is 1.57 bits per heavy atom. The van der Waals surface area contributed by atoms with Crippen molar-refractivity contribution in [3.05, 3.63) is 64.2 Å². The van der Waals surface area contributed by atoms with Crippen molar-refractivity contribution >= 4 is 45.8 Å². The molecule has 194 valence electrons. The number of benzene rings is 3. The van der Waals surface area contributed by atoms with Gasteiger partial charge >= 0.3 is 12.1 Å². The van der Waals surface area contributed by atoms with Crippen LogP contribution in [-0.2, 0) is 4.79 Å². The van der Waals surface area contributed by atoms with E-state index in [1.165, 1.54) is 24.3 Å². The molecule has 2 amide bonds. The minimum absolute atomic E-state index is 0.0398. The molecule has 0 bridgehead atoms. The summed E-state index contributed by atoms with van der Waals surface area (Å²) in [6.07, 6.45) is -4.42. The smallest absolute Gasteiger partial charge is 0.422 e. The minimum atomic E-state index is -4.70. The van der Waals surface area contributed by atoms with E-state index in [0.29, 0.717) is 10.9 Å². The van der Waals surface area contributed by atoms with Crippen molar-refractivity contribution in [1.29, 1.82) is 0 Å². The number of anilines is 1. The maximum atomic E-state index is 13.6. The monoisotopic (exact) mass is 535 g/mol. The standard InChI is InChI=1S/C26H21ClF3NO6/c1-3-14(25(34)35)13-9-10-18(17(27)11-13)31-23(32)19-20(24(31)33)22(37-12-26(28,29)30)16-8-6-5-7-15(16)21(19)36-4-2/h5-11,14H,3-4,12H2,1-2H3,(H,34,35). The van der Waals surface area contributed by atoms with E-state index < -0.39 is 42.2 Å². The Morgan fingerprint density at radius 1 is 1.00 bits per heavy atom. The van der Waals surface area contributed by atoms with Crippen LogP contribution in [0.25, 0.3) is 10.8 Å². The lowest BCUT2D eigenvalue weighted by Gasteiger charge is -2.18. The number of ether oxygens (including phenoxy) is 2. The number of aliphatic carboxylic acids is 1. The van der Waals surface area contributed by atoms with Gasteiger partial charge in [0.1, 0.15) is 11.5 Å². The molecule has 1 unspecified atom stereocenters. The van der Waals surface area contributed by atoms with Gasteiger partial charge in [-0.3, -0.25) is 14.4 Å². The maximum absolute atomic E-state index is 13.6. The van der Waals surface area contributed by atoms with Gasteiger partial charge in [-0.25, -0.2) is 4.90 Å². The Morgan fingerprint density at radius 3 is 2.03 bits per heavy atom. The summed E-state index contributed by atoms with van der Waals surface area (Å²) in [7, 11) is 0. The minimum Gasteiger partial charge on any atom is -0.492 e. The molecule has 1 atom stereocenters. The van der Waals surface area contributed by atoms with Crippen LogP contribution in [-0.4, -0.2) is 42.3 Å². The van der Waals surface area contributed by atoms with Crippen molar-refractivity contribution in [1.82, 2.24) is 0 Å². The highest BCUT2D eigenvalue weighted by molar-refractivity contribution is 6.41. The number of halogens is 4. The molecule has 37 heavy (non-hydrogen) atoms. The largest absolute Gasteiger partial charge is 0.492 e. The summed E-state index contributed by atoms with van der Waals surface area (Å²) in [6, 6.07) is 10.3. The number of imide groups is 1. The lowest BCUT2D eigenvalue weighted by atomic mass is 9.96. The van der Waals surface area contributed by atoms with Crippen LogP contribution >= 0.6 is 11.6 Å². The number of hydrogen-bond donors (Lipinski definition) is 1. The van der Waals surface area contributed by atoms with Gasteiger partial charge in [0.2, 0.25) is 0 Å². The van der Waals surface area contributed by atoms with Gasteiger partial charge in [-0.1, -0.05) is 48.9 Å². The highest BCUT2D eigenvalue weighted by Crippen LogP contribution is 2.47. The molecule has 0 radical (unpaired) electrons. The predicted molar refractivity (Wildman–Crippen MR) is 130 cm³/mol. The number of carbonyl (C=O) groups excluding carboxylic acids is 2. The molecule has 11 heteroatoms. The SMILES string of the molecule is CCOc1c2c(c(OCC(F)(F)F)c3ccccc13)C(=O)N(c1ccc(C(CC)C(=O)O)cc1Cl)C2=O. The van der Waals surface area contributed by atoms with E-state index in [2.05, 4.69) is 0 Å². The Bertz CT molecular complexity index is 1420. The summed E-state index contributed by atoms with van der Waals surface area (Å²) >= 11 is 6.40. The fourth-order valence-electron chi connectivity index (χ4n) is 4.39. The van der Waals surface area contributed by atoms with Gasteiger partial charge in [0.05, 0.1) is 34.4 Å². The summed E-state index contributed by atoms with van der Waals surface area (Å²) < 4.78 is 50.1. The molecule has 1 aliphatic rings. The molecule has 7 nitrogen and oxygen atoms in total. The second-order valence-electron chi connectivity index (χ2n) is 8.25. The summed E-state index contributed by atoms with van der Waals surface area (Å²) in [5.41, 5.74) is -0.284. The summed E-state index contributed by atoms with van der Waals surface area (Å²) in [6.45, 7) is 1.79. The number of carbonyl (C=O) groups is 3. The van der Waals surface area contributed by atoms with Gasteiger partial charge in [0.15, 0.2) is 6.61 Å². The van der Waals surface area contributed by atoms with Gasteiger partial charge < -0.3 is 14.6 Å². The first-order chi connectivity index (χ1) is 17.5. The first-order valence-electron chi connectivity index (χ1n) is 11.3. The molecule has 1 N–H and O–H groups in total. The lowest BCUT2D eigenvalue weighted by Crippen LogP contribution is -2.30. The number of fused-ring (bicyclic) bond motifs is 2. The summed E-state index contributed by atoms with van der Waals surface area (Å²) in [4.78, 5) is 39.5. The topological polar surface area (TPSA) is 93.1 Å². The number of amides is 2. The first kappa shape index (κ1) is 26.3. The maximum Gasteiger partial charge on any atom is 0.422 e. The molecule has 4 rings (SSSR count). The third-order valence-corrected chi connectivity index (χ3v) is 6.25. The fourth-order valence-corrected chi connectivity index (χ4v) is 4.66. The molecule has 1 aliphatic heterocycles. The average Bonchev–Trinajstić information content (AvgIpc) is 3.08. The summed E-state index contributed by atoms with van der Waals surface area (Å²) in [5.74, 6) is -4.07. The first-order valence-corrected chi connectivity index (χ1v) is 11.7. The average molecular weight is 536 g/mol. The third kappa shape index (κ3) is 4.69. The van der Waals surface area contributed by atoms with Crippen molar-refractivity contribution in [3.63, 3.8) is 0 Å². The second kappa shape index (κ2) is 9.93. The van der Waals surface area contributed by atoms with Gasteiger partial charge in [-0.15, -0.1) is 0 Å². The van der Waals surface area contributed by atoms with Gasteiger partial charge in [-0.2, -0.15) is 13.2 Å². The Kier molecular flexibility index (Phi) is 7.05. The van der Waals surface area contributed by atoms with Crippen LogP contribution in [0, 0.1) is 0 Å². The molecule has 0 spiro atoms. The Labute approximate surface area is 214 Å². The molecular formula is C26H21ClF3NO6. The number of rotatable bonds is 8. The number of hydrogen-bond acceptors (Lipinski definition) is 5. The number of alkyl halides is 3. The quantitative estimate of drug-likeness (QED) is 0.345. The zero-order valence-electron chi connectivity index (χ0n) is 19.7. The molecule has 0 aromatic heterocycles. The van der Waals surface area contributed by atoms with Crippen LogP contribution < -0.4 is 14.4 Å². The molecule has 0 aliphatic carbocycles. The van der Waals surface area contributed by atoms with Gasteiger partial charge in [0.25, 0.3) is 11.8 Å². The van der Waals surface area contributed by atoms with E-state index in [-0.39, 0.29) is 46.0 Å². The summed E-state index contributed by atoms with van der Waals surface area (Å²) in [5, 5.41) is 9.84. The van der Waals surface area contributed by atoms with E-state index in [1.807, 2.05) is 0 Å². The van der Waals surface area contributed by atoms with Crippen molar-refractivity contribution in [2.45, 2.75) is 32.4 Å². The zero-order valence-corrected chi connectivity index (χ0v) is 20.4. The van der Waals surface area contributed by atoms with Crippen LogP contribution in [0.5, 0.6) is 11.5 Å². The van der Waals surface area contributed by atoms with Crippen molar-refractivity contribution in [2.24, 2.45) is 0 Å². The molecule has 3 aromatic carbocycles. The van der Waals surface area contributed by atoms with Crippen molar-refractivity contribution in [2.75, 3.05) is 18.1 Å². The molecular weight excluding hydrogens is 515 g/mol. The van der Waals surface area contributed by atoms with E-state index >= 15 is 0 Å². The van der Waals surface area contributed by atoms with E-state index in [9.17, 15) is 32.7 Å². The molecule has 0 fully saturated rings.